The zero-order chi connectivity index (χ0) is 22.5. The van der Waals surface area contributed by atoms with Crippen LogP contribution in [0.25, 0.3) is 11.0 Å². The lowest BCUT2D eigenvalue weighted by atomic mass is 10.2. The van der Waals surface area contributed by atoms with Gasteiger partial charge in [0.2, 0.25) is 0 Å². The van der Waals surface area contributed by atoms with Gasteiger partial charge in [-0.25, -0.2) is 4.98 Å². The second kappa shape index (κ2) is 10.0. The van der Waals surface area contributed by atoms with E-state index in [1.807, 2.05) is 67.6 Å². The molecule has 0 saturated carbocycles. The molecule has 164 valence electrons. The number of nitrogens with one attached hydrogen (secondary N) is 1. The molecule has 4 aromatic rings. The average molecular weight is 492 g/mol. The van der Waals surface area contributed by atoms with Crippen molar-refractivity contribution in [2.75, 3.05) is 6.61 Å². The van der Waals surface area contributed by atoms with Crippen molar-refractivity contribution in [2.24, 2.45) is 0 Å². The van der Waals surface area contributed by atoms with E-state index < -0.39 is 0 Å². The molecule has 6 heteroatoms. The molecular weight excluding hydrogens is 466 g/mol. The summed E-state index contributed by atoms with van der Waals surface area (Å²) < 4.78 is 8.95. The number of amides is 1. The highest BCUT2D eigenvalue weighted by Gasteiger charge is 2.19. The molecule has 32 heavy (non-hydrogen) atoms. The number of benzene rings is 3. The lowest BCUT2D eigenvalue weighted by Crippen LogP contribution is -2.28. The van der Waals surface area contributed by atoms with Crippen LogP contribution in [0.1, 0.15) is 41.1 Å². The van der Waals surface area contributed by atoms with Crippen LogP contribution in [-0.4, -0.2) is 22.1 Å². The van der Waals surface area contributed by atoms with E-state index in [1.54, 1.807) is 6.07 Å². The molecule has 0 aliphatic carbocycles. The van der Waals surface area contributed by atoms with Crippen molar-refractivity contribution in [3.8, 4) is 5.75 Å². The number of fused-ring (bicyclic) bond motifs is 1. The number of para-hydroxylation sites is 2. The number of hydrogen-bond acceptors (Lipinski definition) is 3. The summed E-state index contributed by atoms with van der Waals surface area (Å²) >= 11 is 3.42. The molecule has 0 aliphatic heterocycles. The van der Waals surface area contributed by atoms with Gasteiger partial charge in [0.05, 0.1) is 23.7 Å². The van der Waals surface area contributed by atoms with Crippen molar-refractivity contribution in [3.63, 3.8) is 0 Å². The van der Waals surface area contributed by atoms with Crippen LogP contribution in [0.5, 0.6) is 5.75 Å². The Morgan fingerprint density at radius 3 is 2.66 bits per heavy atom. The summed E-state index contributed by atoms with van der Waals surface area (Å²) in [5.74, 6) is 1.59. The van der Waals surface area contributed by atoms with Crippen LogP contribution in [0.4, 0.5) is 0 Å². The highest BCUT2D eigenvalue weighted by Crippen LogP contribution is 2.22. The van der Waals surface area contributed by atoms with E-state index in [0.29, 0.717) is 12.2 Å². The molecule has 0 saturated heterocycles. The van der Waals surface area contributed by atoms with Crippen molar-refractivity contribution < 1.29 is 9.53 Å². The minimum atomic E-state index is -0.244. The second-order valence-corrected chi connectivity index (χ2v) is 8.75. The van der Waals surface area contributed by atoms with E-state index in [2.05, 4.69) is 38.8 Å². The summed E-state index contributed by atoms with van der Waals surface area (Å²) in [5.41, 5.74) is 3.80. The van der Waals surface area contributed by atoms with E-state index in [-0.39, 0.29) is 11.9 Å². The molecule has 0 aliphatic rings. The van der Waals surface area contributed by atoms with Gasteiger partial charge < -0.3 is 14.6 Å². The van der Waals surface area contributed by atoms with Gasteiger partial charge in [0.1, 0.15) is 11.6 Å². The Kier molecular flexibility index (Phi) is 6.90. The van der Waals surface area contributed by atoms with Gasteiger partial charge in [0, 0.05) is 16.6 Å². The Morgan fingerprint density at radius 2 is 1.88 bits per heavy atom. The molecular formula is C26H26BrN3O2. The molecule has 0 fully saturated rings. The fraction of sp³-hybridized carbons (Fsp3) is 0.231. The Morgan fingerprint density at radius 1 is 1.09 bits per heavy atom. The van der Waals surface area contributed by atoms with E-state index in [4.69, 9.17) is 9.72 Å². The highest BCUT2D eigenvalue weighted by atomic mass is 79.9. The zero-order valence-electron chi connectivity index (χ0n) is 18.2. The average Bonchev–Trinajstić information content (AvgIpc) is 3.16. The number of nitrogens with zero attached hydrogens (tertiary/aromatic N) is 2. The molecule has 1 aromatic heterocycles. The number of halogens is 1. The SMILES string of the molecule is Cc1ccc(OCCCn2c(C(C)NC(=O)c3cccc(Br)c3)nc3ccccc32)cc1. The van der Waals surface area contributed by atoms with Gasteiger partial charge in [-0.15, -0.1) is 0 Å². The first kappa shape index (κ1) is 22.1. The Balaban J connectivity index is 1.48. The third-order valence-electron chi connectivity index (χ3n) is 5.32. The normalized spacial score (nSPS) is 12.0. The molecule has 0 radical (unpaired) electrons. The van der Waals surface area contributed by atoms with E-state index in [9.17, 15) is 4.79 Å². The van der Waals surface area contributed by atoms with Crippen LogP contribution < -0.4 is 10.1 Å². The number of hydrogen-bond donors (Lipinski definition) is 1. The summed E-state index contributed by atoms with van der Waals surface area (Å²) in [6.07, 6.45) is 0.827. The quantitative estimate of drug-likeness (QED) is 0.304. The van der Waals surface area contributed by atoms with Gasteiger partial charge in [0.25, 0.3) is 5.91 Å². The van der Waals surface area contributed by atoms with Crippen LogP contribution in [0.3, 0.4) is 0 Å². The lowest BCUT2D eigenvalue weighted by molar-refractivity contribution is 0.0937. The first-order valence-electron chi connectivity index (χ1n) is 10.7. The highest BCUT2D eigenvalue weighted by molar-refractivity contribution is 9.10. The molecule has 1 N–H and O–H groups in total. The topological polar surface area (TPSA) is 56.1 Å². The third-order valence-corrected chi connectivity index (χ3v) is 5.81. The van der Waals surface area contributed by atoms with E-state index >= 15 is 0 Å². The Hall–Kier alpha value is -3.12. The summed E-state index contributed by atoms with van der Waals surface area (Å²) in [5, 5.41) is 3.09. The van der Waals surface area contributed by atoms with Crippen LogP contribution in [0.2, 0.25) is 0 Å². The molecule has 1 atom stereocenters. The van der Waals surface area contributed by atoms with Crippen molar-refractivity contribution >= 4 is 32.9 Å². The monoisotopic (exact) mass is 491 g/mol. The van der Waals surface area contributed by atoms with Crippen molar-refractivity contribution in [1.82, 2.24) is 14.9 Å². The molecule has 1 unspecified atom stereocenters. The van der Waals surface area contributed by atoms with Gasteiger partial charge in [-0.3, -0.25) is 4.79 Å². The minimum Gasteiger partial charge on any atom is -0.494 e. The van der Waals surface area contributed by atoms with Gasteiger partial charge >= 0.3 is 0 Å². The van der Waals surface area contributed by atoms with Crippen molar-refractivity contribution in [3.05, 3.63) is 94.2 Å². The smallest absolute Gasteiger partial charge is 0.251 e. The lowest BCUT2D eigenvalue weighted by Gasteiger charge is -2.17. The van der Waals surface area contributed by atoms with Crippen molar-refractivity contribution in [2.45, 2.75) is 32.9 Å². The molecule has 5 nitrogen and oxygen atoms in total. The van der Waals surface area contributed by atoms with Crippen LogP contribution in [0, 0.1) is 6.92 Å². The predicted octanol–water partition coefficient (Wildman–Crippen LogP) is 6.07. The standard InChI is InChI=1S/C26H26BrN3O2/c1-18-11-13-22(14-12-18)32-16-6-15-30-24-10-4-3-9-23(24)29-25(30)19(2)28-26(31)20-7-5-8-21(27)17-20/h3-5,7-14,17,19H,6,15-16H2,1-2H3,(H,28,31). The maximum atomic E-state index is 12.8. The zero-order valence-corrected chi connectivity index (χ0v) is 19.8. The van der Waals surface area contributed by atoms with Gasteiger partial charge in [0.15, 0.2) is 0 Å². The van der Waals surface area contributed by atoms with E-state index in [0.717, 1.165) is 40.0 Å². The molecule has 4 rings (SSSR count). The molecule has 1 heterocycles. The molecule has 0 bridgehead atoms. The predicted molar refractivity (Wildman–Crippen MR) is 131 cm³/mol. The summed E-state index contributed by atoms with van der Waals surface area (Å²) in [7, 11) is 0. The Bertz CT molecular complexity index is 1220. The Labute approximate surface area is 196 Å². The summed E-state index contributed by atoms with van der Waals surface area (Å²) in [4.78, 5) is 17.6. The first-order valence-corrected chi connectivity index (χ1v) is 11.5. The number of aromatic nitrogens is 2. The fourth-order valence-corrected chi connectivity index (χ4v) is 4.08. The maximum absolute atomic E-state index is 12.8. The van der Waals surface area contributed by atoms with Crippen LogP contribution in [-0.2, 0) is 6.54 Å². The van der Waals surface area contributed by atoms with Crippen LogP contribution >= 0.6 is 15.9 Å². The maximum Gasteiger partial charge on any atom is 0.251 e. The third kappa shape index (κ3) is 5.19. The number of carbonyl (C=O) groups excluding carboxylic acids is 1. The first-order chi connectivity index (χ1) is 15.5. The molecule has 1 amide bonds. The van der Waals surface area contributed by atoms with Gasteiger partial charge in [-0.05, 0) is 62.7 Å². The van der Waals surface area contributed by atoms with Gasteiger partial charge in [-0.1, -0.05) is 51.8 Å². The number of ether oxygens (including phenoxy) is 1. The minimum absolute atomic E-state index is 0.125. The fourth-order valence-electron chi connectivity index (χ4n) is 3.68. The summed E-state index contributed by atoms with van der Waals surface area (Å²) in [6, 6.07) is 23.3. The number of aryl methyl sites for hydroxylation is 2. The van der Waals surface area contributed by atoms with E-state index in [1.165, 1.54) is 5.56 Å². The molecule has 3 aromatic carbocycles. The van der Waals surface area contributed by atoms with Gasteiger partial charge in [-0.2, -0.15) is 0 Å². The summed E-state index contributed by atoms with van der Waals surface area (Å²) in [6.45, 7) is 5.38. The number of rotatable bonds is 8. The largest absolute Gasteiger partial charge is 0.494 e. The molecule has 0 spiro atoms. The number of carbonyl (C=O) groups is 1. The van der Waals surface area contributed by atoms with Crippen molar-refractivity contribution in [1.29, 1.82) is 0 Å². The second-order valence-electron chi connectivity index (χ2n) is 7.83. The number of imidazole rings is 1. The van der Waals surface area contributed by atoms with Crippen LogP contribution in [0.15, 0.2) is 77.3 Å².